The second-order valence-electron chi connectivity index (χ2n) is 4.10. The molecule has 1 N–H and O–H groups in total. The summed E-state index contributed by atoms with van der Waals surface area (Å²) < 4.78 is 5.74. The Labute approximate surface area is 98.3 Å². The van der Waals surface area contributed by atoms with Gasteiger partial charge in [0.2, 0.25) is 0 Å². The van der Waals surface area contributed by atoms with Crippen LogP contribution in [0.2, 0.25) is 0 Å². The molecule has 0 bridgehead atoms. The fraction of sp³-hybridized carbons (Fsp3) is 0.571. The lowest BCUT2D eigenvalue weighted by Gasteiger charge is -2.21. The van der Waals surface area contributed by atoms with Gasteiger partial charge in [-0.3, -0.25) is 0 Å². The topological polar surface area (TPSA) is 29.5 Å². The average molecular weight is 222 g/mol. The lowest BCUT2D eigenvalue weighted by Crippen LogP contribution is -2.28. The van der Waals surface area contributed by atoms with E-state index in [0.29, 0.717) is 6.61 Å². The fourth-order valence-corrected chi connectivity index (χ4v) is 1.76. The van der Waals surface area contributed by atoms with Gasteiger partial charge < -0.3 is 9.84 Å². The molecule has 2 atom stereocenters. The summed E-state index contributed by atoms with van der Waals surface area (Å²) in [5.41, 5.74) is 1.16. The third-order valence-electron chi connectivity index (χ3n) is 2.72. The summed E-state index contributed by atoms with van der Waals surface area (Å²) in [4.78, 5) is 0. The van der Waals surface area contributed by atoms with Crippen molar-refractivity contribution in [3.8, 4) is 0 Å². The minimum Gasteiger partial charge on any atom is -0.390 e. The van der Waals surface area contributed by atoms with Crippen molar-refractivity contribution < 1.29 is 9.84 Å². The molecule has 0 radical (unpaired) electrons. The van der Waals surface area contributed by atoms with Crippen LogP contribution in [0.25, 0.3) is 0 Å². The third kappa shape index (κ3) is 4.33. The fourth-order valence-electron chi connectivity index (χ4n) is 1.76. The van der Waals surface area contributed by atoms with Crippen molar-refractivity contribution in [2.75, 3.05) is 0 Å². The Kier molecular flexibility index (Phi) is 6.12. The van der Waals surface area contributed by atoms with E-state index in [9.17, 15) is 5.11 Å². The highest BCUT2D eigenvalue weighted by Crippen LogP contribution is 2.12. The molecule has 1 rings (SSSR count). The SMILES string of the molecule is CCCC(O)C(CC)OCc1ccccc1. The van der Waals surface area contributed by atoms with Crippen molar-refractivity contribution in [2.24, 2.45) is 0 Å². The second-order valence-corrected chi connectivity index (χ2v) is 4.10. The van der Waals surface area contributed by atoms with Crippen LogP contribution in [-0.4, -0.2) is 17.3 Å². The van der Waals surface area contributed by atoms with Crippen LogP contribution in [0.1, 0.15) is 38.7 Å². The molecule has 2 unspecified atom stereocenters. The quantitative estimate of drug-likeness (QED) is 0.768. The van der Waals surface area contributed by atoms with Gasteiger partial charge in [-0.1, -0.05) is 50.6 Å². The summed E-state index contributed by atoms with van der Waals surface area (Å²) in [7, 11) is 0. The van der Waals surface area contributed by atoms with Crippen LogP contribution in [0.4, 0.5) is 0 Å². The lowest BCUT2D eigenvalue weighted by atomic mass is 10.1. The van der Waals surface area contributed by atoms with Crippen molar-refractivity contribution >= 4 is 0 Å². The summed E-state index contributed by atoms with van der Waals surface area (Å²) in [6, 6.07) is 10.1. The molecule has 2 heteroatoms. The van der Waals surface area contributed by atoms with Crippen LogP contribution < -0.4 is 0 Å². The number of aliphatic hydroxyl groups excluding tert-OH is 1. The predicted octanol–water partition coefficient (Wildman–Crippen LogP) is 3.14. The third-order valence-corrected chi connectivity index (χ3v) is 2.72. The van der Waals surface area contributed by atoms with Crippen LogP contribution in [0, 0.1) is 0 Å². The van der Waals surface area contributed by atoms with Gasteiger partial charge in [-0.05, 0) is 18.4 Å². The molecule has 0 saturated heterocycles. The molecule has 16 heavy (non-hydrogen) atoms. The Morgan fingerprint density at radius 1 is 1.19 bits per heavy atom. The Balaban J connectivity index is 2.39. The largest absolute Gasteiger partial charge is 0.390 e. The maximum atomic E-state index is 9.86. The van der Waals surface area contributed by atoms with E-state index >= 15 is 0 Å². The highest BCUT2D eigenvalue weighted by Gasteiger charge is 2.16. The maximum absolute atomic E-state index is 9.86. The minimum absolute atomic E-state index is 0.0415. The van der Waals surface area contributed by atoms with E-state index in [4.69, 9.17) is 4.74 Å². The Morgan fingerprint density at radius 3 is 2.44 bits per heavy atom. The summed E-state index contributed by atoms with van der Waals surface area (Å²) >= 11 is 0. The molecule has 0 heterocycles. The molecule has 0 amide bonds. The van der Waals surface area contributed by atoms with E-state index in [2.05, 4.69) is 13.8 Å². The van der Waals surface area contributed by atoms with Crippen molar-refractivity contribution in [1.29, 1.82) is 0 Å². The molecule has 90 valence electrons. The monoisotopic (exact) mass is 222 g/mol. The van der Waals surface area contributed by atoms with Gasteiger partial charge in [-0.15, -0.1) is 0 Å². The molecule has 1 aromatic rings. The number of rotatable bonds is 7. The first-order valence-electron chi connectivity index (χ1n) is 6.11. The highest BCUT2D eigenvalue weighted by molar-refractivity contribution is 5.13. The van der Waals surface area contributed by atoms with Crippen molar-refractivity contribution in [1.82, 2.24) is 0 Å². The zero-order valence-corrected chi connectivity index (χ0v) is 10.2. The first-order chi connectivity index (χ1) is 7.77. The van der Waals surface area contributed by atoms with E-state index in [0.717, 1.165) is 24.8 Å². The first-order valence-corrected chi connectivity index (χ1v) is 6.11. The molecular formula is C14H22O2. The van der Waals surface area contributed by atoms with Crippen LogP contribution in [0.5, 0.6) is 0 Å². The van der Waals surface area contributed by atoms with Gasteiger partial charge in [-0.2, -0.15) is 0 Å². The number of benzene rings is 1. The zero-order chi connectivity index (χ0) is 11.8. The van der Waals surface area contributed by atoms with Gasteiger partial charge in [-0.25, -0.2) is 0 Å². The lowest BCUT2D eigenvalue weighted by molar-refractivity contribution is -0.0502. The number of aliphatic hydroxyl groups is 1. The first kappa shape index (κ1) is 13.2. The minimum atomic E-state index is -0.335. The van der Waals surface area contributed by atoms with E-state index in [-0.39, 0.29) is 12.2 Å². The smallest absolute Gasteiger partial charge is 0.0835 e. The Morgan fingerprint density at radius 2 is 1.88 bits per heavy atom. The van der Waals surface area contributed by atoms with E-state index < -0.39 is 0 Å². The Hall–Kier alpha value is -0.860. The Bertz CT molecular complexity index is 271. The summed E-state index contributed by atoms with van der Waals surface area (Å²) in [5.74, 6) is 0. The molecule has 0 spiro atoms. The molecule has 0 aliphatic carbocycles. The molecule has 0 saturated carbocycles. The molecule has 0 aromatic heterocycles. The molecule has 0 fully saturated rings. The van der Waals surface area contributed by atoms with Crippen molar-refractivity contribution in [3.05, 3.63) is 35.9 Å². The van der Waals surface area contributed by atoms with Crippen LogP contribution in [-0.2, 0) is 11.3 Å². The van der Waals surface area contributed by atoms with Gasteiger partial charge in [0.25, 0.3) is 0 Å². The van der Waals surface area contributed by atoms with Crippen molar-refractivity contribution in [2.45, 2.75) is 51.9 Å². The number of hydrogen-bond acceptors (Lipinski definition) is 2. The predicted molar refractivity (Wildman–Crippen MR) is 66.2 cm³/mol. The van der Waals surface area contributed by atoms with Gasteiger partial charge in [0.1, 0.15) is 0 Å². The highest BCUT2D eigenvalue weighted by atomic mass is 16.5. The molecule has 2 nitrogen and oxygen atoms in total. The van der Waals surface area contributed by atoms with E-state index in [1.54, 1.807) is 0 Å². The number of ether oxygens (including phenoxy) is 1. The zero-order valence-electron chi connectivity index (χ0n) is 10.2. The second kappa shape index (κ2) is 7.42. The van der Waals surface area contributed by atoms with E-state index in [1.807, 2.05) is 30.3 Å². The van der Waals surface area contributed by atoms with Crippen molar-refractivity contribution in [3.63, 3.8) is 0 Å². The van der Waals surface area contributed by atoms with Crippen LogP contribution in [0.3, 0.4) is 0 Å². The molecule has 0 aliphatic rings. The molecule has 0 aliphatic heterocycles. The summed E-state index contributed by atoms with van der Waals surface area (Å²) in [5, 5.41) is 9.86. The van der Waals surface area contributed by atoms with Gasteiger partial charge in [0, 0.05) is 0 Å². The number of hydrogen-bond donors (Lipinski definition) is 1. The van der Waals surface area contributed by atoms with Gasteiger partial charge in [0.05, 0.1) is 18.8 Å². The van der Waals surface area contributed by atoms with E-state index in [1.165, 1.54) is 0 Å². The van der Waals surface area contributed by atoms with Crippen LogP contribution >= 0.6 is 0 Å². The summed E-state index contributed by atoms with van der Waals surface area (Å²) in [6.07, 6.45) is 2.28. The average Bonchev–Trinajstić information content (AvgIpc) is 2.31. The van der Waals surface area contributed by atoms with Crippen LogP contribution in [0.15, 0.2) is 30.3 Å². The summed E-state index contributed by atoms with van der Waals surface area (Å²) in [6.45, 7) is 4.71. The standard InChI is InChI=1S/C14H22O2/c1-3-8-13(15)14(4-2)16-11-12-9-6-5-7-10-12/h5-7,9-10,13-15H,3-4,8,11H2,1-2H3. The molecule has 1 aromatic carbocycles. The van der Waals surface area contributed by atoms with Gasteiger partial charge in [0.15, 0.2) is 0 Å². The molecular weight excluding hydrogens is 200 g/mol. The normalized spacial score (nSPS) is 14.7. The maximum Gasteiger partial charge on any atom is 0.0835 e. The van der Waals surface area contributed by atoms with Gasteiger partial charge >= 0.3 is 0 Å².